The van der Waals surface area contributed by atoms with Gasteiger partial charge in [-0.05, 0) is 42.0 Å². The fraction of sp³-hybridized carbons (Fsp3) is 0.0952. The van der Waals surface area contributed by atoms with Crippen LogP contribution < -0.4 is 4.90 Å². The summed E-state index contributed by atoms with van der Waals surface area (Å²) in [6.07, 6.45) is 1.86. The molecule has 0 N–H and O–H groups in total. The van der Waals surface area contributed by atoms with E-state index >= 15 is 0 Å². The van der Waals surface area contributed by atoms with Crippen LogP contribution in [0.1, 0.15) is 11.3 Å². The van der Waals surface area contributed by atoms with Gasteiger partial charge in [0.2, 0.25) is 5.91 Å². The number of pyridine rings is 1. The number of aromatic nitrogens is 2. The molecule has 7 heteroatoms. The Balaban J connectivity index is 1.69. The van der Waals surface area contributed by atoms with Gasteiger partial charge in [-0.3, -0.25) is 14.7 Å². The number of carbonyl (C=O) groups excluding carboxylic acids is 1. The number of rotatable bonds is 5. The molecular weight excluding hydrogens is 397 g/mol. The third kappa shape index (κ3) is 4.03. The molecule has 0 saturated carbocycles. The van der Waals surface area contributed by atoms with Crippen molar-refractivity contribution in [1.82, 2.24) is 9.97 Å². The van der Waals surface area contributed by atoms with Gasteiger partial charge in [0.25, 0.3) is 0 Å². The van der Waals surface area contributed by atoms with Crippen molar-refractivity contribution in [2.45, 2.75) is 13.0 Å². The van der Waals surface area contributed by atoms with Crippen molar-refractivity contribution < 1.29 is 9.18 Å². The molecular formula is C21H15ClFN3OS. The normalized spacial score (nSPS) is 10.9. The van der Waals surface area contributed by atoms with Gasteiger partial charge in [0.05, 0.1) is 23.4 Å². The molecule has 4 nitrogen and oxygen atoms in total. The minimum Gasteiger partial charge on any atom is -0.282 e. The lowest BCUT2D eigenvalue weighted by Gasteiger charge is -2.19. The molecule has 1 amide bonds. The summed E-state index contributed by atoms with van der Waals surface area (Å²) >= 11 is 7.21. The van der Waals surface area contributed by atoms with Crippen LogP contribution >= 0.6 is 22.9 Å². The predicted molar refractivity (Wildman–Crippen MR) is 110 cm³/mol. The molecule has 0 aliphatic carbocycles. The summed E-state index contributed by atoms with van der Waals surface area (Å²) in [5.41, 5.74) is 1.84. The molecule has 2 aromatic heterocycles. The topological polar surface area (TPSA) is 46.1 Å². The number of nitrogens with zero attached hydrogens (tertiary/aromatic N) is 3. The predicted octanol–water partition coefficient (Wildman–Crippen LogP) is 5.26. The summed E-state index contributed by atoms with van der Waals surface area (Å²) in [6, 6.07) is 17.5. The standard InChI is InChI=1S/C21H15ClFN3OS/c22-15-9-7-14(8-10-15)12-19(27)26(13-16-4-1-2-11-24-16)21-25-20-17(23)5-3-6-18(20)28-21/h1-11H,12-13H2. The van der Waals surface area contributed by atoms with Crippen molar-refractivity contribution in [3.8, 4) is 0 Å². The smallest absolute Gasteiger partial charge is 0.233 e. The van der Waals surface area contributed by atoms with Crippen LogP contribution in [0.15, 0.2) is 66.9 Å². The second-order valence-electron chi connectivity index (χ2n) is 6.19. The van der Waals surface area contributed by atoms with E-state index in [0.717, 1.165) is 11.3 Å². The van der Waals surface area contributed by atoms with Gasteiger partial charge in [-0.15, -0.1) is 0 Å². The van der Waals surface area contributed by atoms with Crippen molar-refractivity contribution in [2.24, 2.45) is 0 Å². The van der Waals surface area contributed by atoms with Crippen molar-refractivity contribution in [2.75, 3.05) is 4.90 Å². The Bertz CT molecular complexity index is 1120. The summed E-state index contributed by atoms with van der Waals surface area (Å²) in [5, 5.41) is 1.06. The monoisotopic (exact) mass is 411 g/mol. The Morgan fingerprint density at radius 3 is 2.61 bits per heavy atom. The lowest BCUT2D eigenvalue weighted by Crippen LogP contribution is -2.32. The van der Waals surface area contributed by atoms with Gasteiger partial charge in [-0.25, -0.2) is 9.37 Å². The van der Waals surface area contributed by atoms with E-state index in [1.54, 1.807) is 35.4 Å². The van der Waals surface area contributed by atoms with E-state index in [1.165, 1.54) is 17.4 Å². The first-order valence-electron chi connectivity index (χ1n) is 8.60. The second kappa shape index (κ2) is 8.04. The molecule has 0 spiro atoms. The van der Waals surface area contributed by atoms with Crippen LogP contribution in [0.5, 0.6) is 0 Å². The fourth-order valence-electron chi connectivity index (χ4n) is 2.81. The second-order valence-corrected chi connectivity index (χ2v) is 7.63. The average Bonchev–Trinajstić information content (AvgIpc) is 3.14. The molecule has 28 heavy (non-hydrogen) atoms. The number of amides is 1. The average molecular weight is 412 g/mol. The third-order valence-electron chi connectivity index (χ3n) is 4.21. The maximum Gasteiger partial charge on any atom is 0.233 e. The molecule has 0 radical (unpaired) electrons. The molecule has 0 atom stereocenters. The summed E-state index contributed by atoms with van der Waals surface area (Å²) in [7, 11) is 0. The number of thiazole rings is 1. The summed E-state index contributed by atoms with van der Waals surface area (Å²) in [4.78, 5) is 23.4. The molecule has 2 heterocycles. The number of hydrogen-bond acceptors (Lipinski definition) is 4. The van der Waals surface area contributed by atoms with Gasteiger partial charge < -0.3 is 0 Å². The number of anilines is 1. The number of benzene rings is 2. The summed E-state index contributed by atoms with van der Waals surface area (Å²) in [5.74, 6) is -0.546. The fourth-order valence-corrected chi connectivity index (χ4v) is 3.93. The molecule has 0 saturated heterocycles. The van der Waals surface area contributed by atoms with E-state index in [4.69, 9.17) is 11.6 Å². The molecule has 2 aromatic carbocycles. The van der Waals surface area contributed by atoms with Gasteiger partial charge in [-0.1, -0.05) is 47.2 Å². The number of hydrogen-bond donors (Lipinski definition) is 0. The van der Waals surface area contributed by atoms with Crippen molar-refractivity contribution in [1.29, 1.82) is 0 Å². The number of para-hydroxylation sites is 1. The molecule has 4 aromatic rings. The Kier molecular flexibility index (Phi) is 5.32. The molecule has 140 valence electrons. The van der Waals surface area contributed by atoms with Crippen LogP contribution in [0.25, 0.3) is 10.2 Å². The van der Waals surface area contributed by atoms with E-state index in [-0.39, 0.29) is 24.4 Å². The van der Waals surface area contributed by atoms with Gasteiger partial charge >= 0.3 is 0 Å². The van der Waals surface area contributed by atoms with E-state index in [9.17, 15) is 9.18 Å². The largest absolute Gasteiger partial charge is 0.282 e. The molecule has 4 rings (SSSR count). The zero-order valence-corrected chi connectivity index (χ0v) is 16.3. The van der Waals surface area contributed by atoms with Crippen LogP contribution in [-0.4, -0.2) is 15.9 Å². The Morgan fingerprint density at radius 2 is 1.89 bits per heavy atom. The quantitative estimate of drug-likeness (QED) is 0.450. The van der Waals surface area contributed by atoms with Gasteiger partial charge in [-0.2, -0.15) is 0 Å². The highest BCUT2D eigenvalue weighted by Crippen LogP contribution is 2.31. The minimum absolute atomic E-state index is 0.146. The van der Waals surface area contributed by atoms with Gasteiger partial charge in [0.1, 0.15) is 11.3 Å². The zero-order chi connectivity index (χ0) is 19.5. The molecule has 0 fully saturated rings. The molecule has 0 unspecified atom stereocenters. The first kappa shape index (κ1) is 18.5. The van der Waals surface area contributed by atoms with E-state index in [1.807, 2.05) is 30.3 Å². The van der Waals surface area contributed by atoms with E-state index in [0.29, 0.717) is 14.9 Å². The first-order chi connectivity index (χ1) is 13.6. The lowest BCUT2D eigenvalue weighted by atomic mass is 10.1. The summed E-state index contributed by atoms with van der Waals surface area (Å²) in [6.45, 7) is 0.259. The van der Waals surface area contributed by atoms with Crippen LogP contribution in [0.2, 0.25) is 5.02 Å². The maximum atomic E-state index is 14.1. The van der Waals surface area contributed by atoms with E-state index < -0.39 is 5.82 Å². The van der Waals surface area contributed by atoms with Crippen LogP contribution in [0, 0.1) is 5.82 Å². The molecule has 0 aliphatic heterocycles. The van der Waals surface area contributed by atoms with Crippen LogP contribution in [0.3, 0.4) is 0 Å². The Morgan fingerprint density at radius 1 is 1.07 bits per heavy atom. The minimum atomic E-state index is -0.400. The van der Waals surface area contributed by atoms with Gasteiger partial charge in [0, 0.05) is 11.2 Å². The van der Waals surface area contributed by atoms with Gasteiger partial charge in [0.15, 0.2) is 5.13 Å². The summed E-state index contributed by atoms with van der Waals surface area (Å²) < 4.78 is 14.8. The highest BCUT2D eigenvalue weighted by atomic mass is 35.5. The van der Waals surface area contributed by atoms with Crippen LogP contribution in [-0.2, 0) is 17.8 Å². The van der Waals surface area contributed by atoms with Crippen molar-refractivity contribution >= 4 is 44.2 Å². The highest BCUT2D eigenvalue weighted by molar-refractivity contribution is 7.22. The number of fused-ring (bicyclic) bond motifs is 1. The maximum absolute atomic E-state index is 14.1. The van der Waals surface area contributed by atoms with Crippen molar-refractivity contribution in [3.63, 3.8) is 0 Å². The Labute approximate surface area is 170 Å². The van der Waals surface area contributed by atoms with Crippen molar-refractivity contribution in [3.05, 3.63) is 89.0 Å². The van der Waals surface area contributed by atoms with Crippen LogP contribution in [0.4, 0.5) is 9.52 Å². The first-order valence-corrected chi connectivity index (χ1v) is 9.79. The molecule has 0 aliphatic rings. The zero-order valence-electron chi connectivity index (χ0n) is 14.7. The number of halogens is 2. The molecule has 0 bridgehead atoms. The Hall–Kier alpha value is -2.83. The van der Waals surface area contributed by atoms with E-state index in [2.05, 4.69) is 9.97 Å². The SMILES string of the molecule is O=C(Cc1ccc(Cl)cc1)N(Cc1ccccn1)c1nc2c(F)cccc2s1. The number of carbonyl (C=O) groups is 1. The lowest BCUT2D eigenvalue weighted by molar-refractivity contribution is -0.118. The highest BCUT2D eigenvalue weighted by Gasteiger charge is 2.22. The third-order valence-corrected chi connectivity index (χ3v) is 5.50.